The van der Waals surface area contributed by atoms with Gasteiger partial charge in [0.1, 0.15) is 5.82 Å². The molecular formula is C15H20FN3. The predicted octanol–water partition coefficient (Wildman–Crippen LogP) is 3.21. The zero-order chi connectivity index (χ0) is 13.7. The Labute approximate surface area is 113 Å². The number of unbranched alkanes of at least 4 members (excludes halogenated alkanes) is 1. The molecule has 19 heavy (non-hydrogen) atoms. The van der Waals surface area contributed by atoms with E-state index in [1.807, 2.05) is 17.8 Å². The van der Waals surface area contributed by atoms with Crippen molar-refractivity contribution in [2.45, 2.75) is 33.2 Å². The molecule has 0 saturated carbocycles. The predicted molar refractivity (Wildman–Crippen MR) is 74.9 cm³/mol. The van der Waals surface area contributed by atoms with E-state index < -0.39 is 0 Å². The maximum absolute atomic E-state index is 12.9. The molecule has 0 saturated heterocycles. The number of benzene rings is 1. The van der Waals surface area contributed by atoms with Crippen molar-refractivity contribution in [1.29, 1.82) is 0 Å². The molecule has 102 valence electrons. The van der Waals surface area contributed by atoms with E-state index in [1.165, 1.54) is 30.5 Å². The Morgan fingerprint density at radius 1 is 1.26 bits per heavy atom. The summed E-state index contributed by atoms with van der Waals surface area (Å²) in [6, 6.07) is 6.39. The van der Waals surface area contributed by atoms with Crippen LogP contribution < -0.4 is 5.32 Å². The lowest BCUT2D eigenvalue weighted by Crippen LogP contribution is -2.14. The molecule has 0 amide bonds. The first-order chi connectivity index (χ1) is 9.22. The largest absolute Gasteiger partial charge is 0.313 e. The van der Waals surface area contributed by atoms with Crippen LogP contribution in [0.3, 0.4) is 0 Å². The second-order valence-electron chi connectivity index (χ2n) is 4.67. The summed E-state index contributed by atoms with van der Waals surface area (Å²) in [6.07, 6.45) is 4.25. The standard InChI is InChI=1S/C15H20FN3/c1-3-4-9-17-10-13-11-18-19(12(13)2)15-7-5-14(16)6-8-15/h5-8,11,17H,3-4,9-10H2,1-2H3. The first-order valence-corrected chi connectivity index (χ1v) is 6.72. The maximum Gasteiger partial charge on any atom is 0.123 e. The zero-order valence-electron chi connectivity index (χ0n) is 11.5. The van der Waals surface area contributed by atoms with Gasteiger partial charge in [0.15, 0.2) is 0 Å². The number of rotatable bonds is 6. The van der Waals surface area contributed by atoms with Gasteiger partial charge < -0.3 is 5.32 Å². The maximum atomic E-state index is 12.9. The van der Waals surface area contributed by atoms with Gasteiger partial charge in [-0.25, -0.2) is 9.07 Å². The van der Waals surface area contributed by atoms with E-state index in [-0.39, 0.29) is 5.82 Å². The number of nitrogens with one attached hydrogen (secondary N) is 1. The number of hydrogen-bond donors (Lipinski definition) is 1. The molecule has 0 unspecified atom stereocenters. The number of nitrogens with zero attached hydrogens (tertiary/aromatic N) is 2. The van der Waals surface area contributed by atoms with Crippen LogP contribution in [-0.4, -0.2) is 16.3 Å². The molecular weight excluding hydrogens is 241 g/mol. The van der Waals surface area contributed by atoms with Gasteiger partial charge in [-0.3, -0.25) is 0 Å². The van der Waals surface area contributed by atoms with Gasteiger partial charge in [0, 0.05) is 17.8 Å². The molecule has 0 fully saturated rings. The third kappa shape index (κ3) is 3.41. The average Bonchev–Trinajstić information content (AvgIpc) is 2.77. The topological polar surface area (TPSA) is 29.9 Å². The van der Waals surface area contributed by atoms with E-state index in [1.54, 1.807) is 12.1 Å². The Morgan fingerprint density at radius 3 is 2.68 bits per heavy atom. The van der Waals surface area contributed by atoms with E-state index in [0.29, 0.717) is 0 Å². The fourth-order valence-electron chi connectivity index (χ4n) is 1.98. The normalized spacial score (nSPS) is 10.9. The van der Waals surface area contributed by atoms with Gasteiger partial charge in [0.05, 0.1) is 11.9 Å². The van der Waals surface area contributed by atoms with E-state index in [9.17, 15) is 4.39 Å². The van der Waals surface area contributed by atoms with Crippen LogP contribution in [0.5, 0.6) is 0 Å². The van der Waals surface area contributed by atoms with Gasteiger partial charge >= 0.3 is 0 Å². The molecule has 4 heteroatoms. The zero-order valence-corrected chi connectivity index (χ0v) is 11.5. The van der Waals surface area contributed by atoms with E-state index in [4.69, 9.17) is 0 Å². The van der Waals surface area contributed by atoms with Gasteiger partial charge in [0.2, 0.25) is 0 Å². The molecule has 1 N–H and O–H groups in total. The van der Waals surface area contributed by atoms with E-state index in [2.05, 4.69) is 17.3 Å². The Morgan fingerprint density at radius 2 is 2.00 bits per heavy atom. The van der Waals surface area contributed by atoms with Crippen LogP contribution in [0.4, 0.5) is 4.39 Å². The summed E-state index contributed by atoms with van der Waals surface area (Å²) in [4.78, 5) is 0. The minimum atomic E-state index is -0.227. The lowest BCUT2D eigenvalue weighted by Gasteiger charge is -2.06. The molecule has 0 atom stereocenters. The lowest BCUT2D eigenvalue weighted by molar-refractivity contribution is 0.626. The monoisotopic (exact) mass is 261 g/mol. The fourth-order valence-corrected chi connectivity index (χ4v) is 1.98. The fraction of sp³-hybridized carbons (Fsp3) is 0.400. The Hall–Kier alpha value is -1.68. The van der Waals surface area contributed by atoms with Crippen molar-refractivity contribution >= 4 is 0 Å². The van der Waals surface area contributed by atoms with Gasteiger partial charge in [-0.05, 0) is 44.2 Å². The van der Waals surface area contributed by atoms with Crippen molar-refractivity contribution in [2.75, 3.05) is 6.54 Å². The first-order valence-electron chi connectivity index (χ1n) is 6.72. The van der Waals surface area contributed by atoms with Gasteiger partial charge in [0.25, 0.3) is 0 Å². The molecule has 2 aromatic rings. The van der Waals surface area contributed by atoms with Crippen LogP contribution in [0.2, 0.25) is 0 Å². The summed E-state index contributed by atoms with van der Waals surface area (Å²) in [7, 11) is 0. The van der Waals surface area contributed by atoms with Crippen LogP contribution >= 0.6 is 0 Å². The Balaban J connectivity index is 2.07. The van der Waals surface area contributed by atoms with Crippen molar-refractivity contribution in [3.63, 3.8) is 0 Å². The van der Waals surface area contributed by atoms with Gasteiger partial charge in [-0.1, -0.05) is 13.3 Å². The van der Waals surface area contributed by atoms with Crippen molar-refractivity contribution in [3.8, 4) is 5.69 Å². The van der Waals surface area contributed by atoms with Crippen molar-refractivity contribution in [3.05, 3.63) is 47.5 Å². The highest BCUT2D eigenvalue weighted by molar-refractivity contribution is 5.34. The molecule has 1 heterocycles. The second kappa shape index (κ2) is 6.48. The van der Waals surface area contributed by atoms with Crippen LogP contribution in [0.1, 0.15) is 31.0 Å². The van der Waals surface area contributed by atoms with Gasteiger partial charge in [-0.2, -0.15) is 5.10 Å². The summed E-state index contributed by atoms with van der Waals surface area (Å²) < 4.78 is 14.8. The molecule has 1 aromatic heterocycles. The number of aromatic nitrogens is 2. The van der Waals surface area contributed by atoms with E-state index >= 15 is 0 Å². The molecule has 0 aliphatic rings. The summed E-state index contributed by atoms with van der Waals surface area (Å²) >= 11 is 0. The van der Waals surface area contributed by atoms with E-state index in [0.717, 1.165) is 24.5 Å². The number of halogens is 1. The Bertz CT molecular complexity index is 517. The van der Waals surface area contributed by atoms with Crippen molar-refractivity contribution in [2.24, 2.45) is 0 Å². The highest BCUT2D eigenvalue weighted by atomic mass is 19.1. The van der Waals surface area contributed by atoms with Crippen LogP contribution in [0.25, 0.3) is 5.69 Å². The Kier molecular flexibility index (Phi) is 4.68. The minimum Gasteiger partial charge on any atom is -0.313 e. The van der Waals surface area contributed by atoms with Crippen LogP contribution in [0, 0.1) is 12.7 Å². The first kappa shape index (κ1) is 13.7. The molecule has 0 aliphatic carbocycles. The molecule has 0 aliphatic heterocycles. The SMILES string of the molecule is CCCCNCc1cnn(-c2ccc(F)cc2)c1C. The van der Waals surface area contributed by atoms with Gasteiger partial charge in [-0.15, -0.1) is 0 Å². The summed E-state index contributed by atoms with van der Waals surface area (Å²) in [6.45, 7) is 6.07. The van der Waals surface area contributed by atoms with Crippen LogP contribution in [-0.2, 0) is 6.54 Å². The molecule has 1 aromatic carbocycles. The molecule has 0 bridgehead atoms. The molecule has 3 nitrogen and oxygen atoms in total. The smallest absolute Gasteiger partial charge is 0.123 e. The highest BCUT2D eigenvalue weighted by Crippen LogP contribution is 2.14. The summed E-state index contributed by atoms with van der Waals surface area (Å²) in [5, 5.41) is 7.77. The minimum absolute atomic E-state index is 0.227. The molecule has 2 rings (SSSR count). The van der Waals surface area contributed by atoms with Crippen molar-refractivity contribution < 1.29 is 4.39 Å². The van der Waals surface area contributed by atoms with Crippen LogP contribution in [0.15, 0.2) is 30.5 Å². The number of hydrogen-bond acceptors (Lipinski definition) is 2. The average molecular weight is 261 g/mol. The lowest BCUT2D eigenvalue weighted by atomic mass is 10.2. The quantitative estimate of drug-likeness (QED) is 0.809. The molecule has 0 spiro atoms. The third-order valence-corrected chi connectivity index (χ3v) is 3.21. The third-order valence-electron chi connectivity index (χ3n) is 3.21. The summed E-state index contributed by atoms with van der Waals surface area (Å²) in [5.74, 6) is -0.227. The summed E-state index contributed by atoms with van der Waals surface area (Å²) in [5.41, 5.74) is 3.16. The molecule has 0 radical (unpaired) electrons. The highest BCUT2D eigenvalue weighted by Gasteiger charge is 2.07. The second-order valence-corrected chi connectivity index (χ2v) is 4.67. The van der Waals surface area contributed by atoms with Crippen molar-refractivity contribution in [1.82, 2.24) is 15.1 Å².